The van der Waals surface area contributed by atoms with Gasteiger partial charge in [-0.05, 0) is 55.1 Å². The van der Waals surface area contributed by atoms with E-state index in [1.165, 1.54) is 0 Å². The molecule has 0 aliphatic rings. The molecule has 1 aromatic heterocycles. The molecule has 0 aliphatic carbocycles. The SMILES string of the molecule is CCN(CC)Cc1cc(Nc2nc(/C=C/c3ccccc3)nc3ccccc23)ccc1O. The number of hydrogen-bond donors (Lipinski definition) is 2. The lowest BCUT2D eigenvalue weighted by Crippen LogP contribution is -2.22. The number of phenolic OH excluding ortho intramolecular Hbond substituents is 1. The molecule has 3 aromatic carbocycles. The van der Waals surface area contributed by atoms with Crippen molar-refractivity contribution in [3.63, 3.8) is 0 Å². The first-order chi connectivity index (χ1) is 15.7. The summed E-state index contributed by atoms with van der Waals surface area (Å²) in [5.74, 6) is 1.68. The molecule has 0 spiro atoms. The molecular weight excluding hydrogens is 396 g/mol. The van der Waals surface area contributed by atoms with E-state index in [1.54, 1.807) is 6.07 Å². The topological polar surface area (TPSA) is 61.3 Å². The molecule has 4 aromatic rings. The molecule has 4 rings (SSSR count). The van der Waals surface area contributed by atoms with E-state index in [9.17, 15) is 5.11 Å². The molecule has 0 aliphatic heterocycles. The molecule has 2 N–H and O–H groups in total. The molecule has 0 saturated heterocycles. The van der Waals surface area contributed by atoms with Crippen LogP contribution in [0.25, 0.3) is 23.1 Å². The maximum Gasteiger partial charge on any atom is 0.154 e. The van der Waals surface area contributed by atoms with Gasteiger partial charge in [-0.25, -0.2) is 9.97 Å². The molecule has 0 bridgehead atoms. The largest absolute Gasteiger partial charge is 0.508 e. The second-order valence-corrected chi connectivity index (χ2v) is 7.62. The summed E-state index contributed by atoms with van der Waals surface area (Å²) in [5.41, 5.74) is 3.74. The number of para-hydroxylation sites is 1. The van der Waals surface area contributed by atoms with Gasteiger partial charge in [0, 0.05) is 23.2 Å². The van der Waals surface area contributed by atoms with Gasteiger partial charge in [-0.15, -0.1) is 0 Å². The van der Waals surface area contributed by atoms with Crippen LogP contribution in [0.2, 0.25) is 0 Å². The number of phenols is 1. The van der Waals surface area contributed by atoms with E-state index in [0.717, 1.165) is 46.6 Å². The van der Waals surface area contributed by atoms with Crippen molar-refractivity contribution in [3.8, 4) is 5.75 Å². The van der Waals surface area contributed by atoms with Gasteiger partial charge in [0.2, 0.25) is 0 Å². The van der Waals surface area contributed by atoms with E-state index >= 15 is 0 Å². The number of aromatic hydroxyl groups is 1. The summed E-state index contributed by atoms with van der Waals surface area (Å²) in [4.78, 5) is 11.7. The van der Waals surface area contributed by atoms with Crippen LogP contribution in [0.5, 0.6) is 5.75 Å². The van der Waals surface area contributed by atoms with Gasteiger partial charge in [0.15, 0.2) is 5.82 Å². The van der Waals surface area contributed by atoms with Crippen LogP contribution in [0.4, 0.5) is 11.5 Å². The van der Waals surface area contributed by atoms with E-state index in [-0.39, 0.29) is 0 Å². The summed E-state index contributed by atoms with van der Waals surface area (Å²) in [5, 5.41) is 14.7. The first-order valence-electron chi connectivity index (χ1n) is 11.0. The standard InChI is InChI=1S/C27H28N4O/c1-3-31(4-2)19-21-18-22(15-16-25(21)32)28-27-23-12-8-9-13-24(23)29-26(30-27)17-14-20-10-6-5-7-11-20/h5-18,32H,3-4,19H2,1-2H3,(H,28,29,30)/b17-14+. The van der Waals surface area contributed by atoms with E-state index in [2.05, 4.69) is 24.1 Å². The Labute approximate surface area is 189 Å². The van der Waals surface area contributed by atoms with Crippen molar-refractivity contribution in [3.05, 3.63) is 89.7 Å². The highest BCUT2D eigenvalue weighted by Crippen LogP contribution is 2.28. The highest BCUT2D eigenvalue weighted by molar-refractivity contribution is 5.91. The molecule has 1 heterocycles. The number of nitrogens with one attached hydrogen (secondary N) is 1. The zero-order valence-electron chi connectivity index (χ0n) is 18.5. The van der Waals surface area contributed by atoms with Crippen molar-refractivity contribution in [1.82, 2.24) is 14.9 Å². The second-order valence-electron chi connectivity index (χ2n) is 7.62. The molecule has 162 valence electrons. The molecule has 0 amide bonds. The Morgan fingerprint density at radius 2 is 1.62 bits per heavy atom. The molecule has 5 nitrogen and oxygen atoms in total. The third-order valence-electron chi connectivity index (χ3n) is 5.48. The first kappa shape index (κ1) is 21.5. The van der Waals surface area contributed by atoms with E-state index in [4.69, 9.17) is 9.97 Å². The normalized spacial score (nSPS) is 11.5. The number of nitrogens with zero attached hydrogens (tertiary/aromatic N) is 3. The fourth-order valence-electron chi connectivity index (χ4n) is 3.61. The van der Waals surface area contributed by atoms with Crippen molar-refractivity contribution in [2.75, 3.05) is 18.4 Å². The average Bonchev–Trinajstić information content (AvgIpc) is 2.83. The van der Waals surface area contributed by atoms with Crippen molar-refractivity contribution >= 4 is 34.6 Å². The maximum atomic E-state index is 10.3. The lowest BCUT2D eigenvalue weighted by atomic mass is 10.1. The Bertz CT molecular complexity index is 1220. The van der Waals surface area contributed by atoms with Crippen LogP contribution >= 0.6 is 0 Å². The fourth-order valence-corrected chi connectivity index (χ4v) is 3.61. The van der Waals surface area contributed by atoms with Crippen molar-refractivity contribution < 1.29 is 5.11 Å². The molecule has 32 heavy (non-hydrogen) atoms. The monoisotopic (exact) mass is 424 g/mol. The molecule has 0 fully saturated rings. The highest BCUT2D eigenvalue weighted by Gasteiger charge is 2.10. The zero-order chi connectivity index (χ0) is 22.3. The zero-order valence-corrected chi connectivity index (χ0v) is 18.5. The minimum Gasteiger partial charge on any atom is -0.508 e. The van der Waals surface area contributed by atoms with Gasteiger partial charge >= 0.3 is 0 Å². The van der Waals surface area contributed by atoms with Crippen LogP contribution in [0.1, 0.15) is 30.8 Å². The van der Waals surface area contributed by atoms with Crippen LogP contribution in [-0.4, -0.2) is 33.1 Å². The van der Waals surface area contributed by atoms with Gasteiger partial charge in [-0.2, -0.15) is 0 Å². The Morgan fingerprint density at radius 3 is 2.41 bits per heavy atom. The highest BCUT2D eigenvalue weighted by atomic mass is 16.3. The van der Waals surface area contributed by atoms with Gasteiger partial charge in [0.25, 0.3) is 0 Å². The Hall–Kier alpha value is -3.70. The lowest BCUT2D eigenvalue weighted by Gasteiger charge is -2.19. The summed E-state index contributed by atoms with van der Waals surface area (Å²) >= 11 is 0. The summed E-state index contributed by atoms with van der Waals surface area (Å²) in [6.07, 6.45) is 3.94. The molecule has 0 radical (unpaired) electrons. The molecule has 5 heteroatoms. The Balaban J connectivity index is 1.67. The maximum absolute atomic E-state index is 10.3. The third kappa shape index (κ3) is 5.13. The quantitative estimate of drug-likeness (QED) is 0.335. The van der Waals surface area contributed by atoms with Gasteiger partial charge < -0.3 is 10.4 Å². The number of benzene rings is 3. The second kappa shape index (κ2) is 10.1. The number of rotatable bonds is 8. The summed E-state index contributed by atoms with van der Waals surface area (Å²) < 4.78 is 0. The van der Waals surface area contributed by atoms with Gasteiger partial charge in [-0.3, -0.25) is 4.90 Å². The predicted octanol–water partition coefficient (Wildman–Crippen LogP) is 6.09. The summed E-state index contributed by atoms with van der Waals surface area (Å²) in [7, 11) is 0. The van der Waals surface area contributed by atoms with Crippen LogP contribution in [0.15, 0.2) is 72.8 Å². The van der Waals surface area contributed by atoms with Crippen LogP contribution in [0.3, 0.4) is 0 Å². The lowest BCUT2D eigenvalue weighted by molar-refractivity contribution is 0.291. The number of hydrogen-bond acceptors (Lipinski definition) is 5. The van der Waals surface area contributed by atoms with Crippen LogP contribution < -0.4 is 5.32 Å². The first-order valence-corrected chi connectivity index (χ1v) is 11.0. The number of aromatic nitrogens is 2. The Kier molecular flexibility index (Phi) is 6.78. The third-order valence-corrected chi connectivity index (χ3v) is 5.48. The van der Waals surface area contributed by atoms with Gasteiger partial charge in [-0.1, -0.05) is 62.4 Å². The molecule has 0 saturated carbocycles. The van der Waals surface area contributed by atoms with Crippen molar-refractivity contribution in [2.45, 2.75) is 20.4 Å². The summed E-state index contributed by atoms with van der Waals surface area (Å²) in [6.45, 7) is 6.81. The fraction of sp³-hybridized carbons (Fsp3) is 0.185. The number of anilines is 2. The molecule has 0 unspecified atom stereocenters. The smallest absolute Gasteiger partial charge is 0.154 e. The minimum atomic E-state index is 0.307. The van der Waals surface area contributed by atoms with Crippen molar-refractivity contribution in [2.24, 2.45) is 0 Å². The number of fused-ring (bicyclic) bond motifs is 1. The molecular formula is C27H28N4O. The van der Waals surface area contributed by atoms with E-state index < -0.39 is 0 Å². The van der Waals surface area contributed by atoms with Crippen LogP contribution in [-0.2, 0) is 6.54 Å². The Morgan fingerprint density at radius 1 is 0.875 bits per heavy atom. The average molecular weight is 425 g/mol. The van der Waals surface area contributed by atoms with Gasteiger partial charge in [0.1, 0.15) is 11.6 Å². The van der Waals surface area contributed by atoms with Crippen LogP contribution in [0, 0.1) is 0 Å². The van der Waals surface area contributed by atoms with Gasteiger partial charge in [0.05, 0.1) is 5.52 Å². The predicted molar refractivity (Wildman–Crippen MR) is 133 cm³/mol. The van der Waals surface area contributed by atoms with E-state index in [0.29, 0.717) is 18.1 Å². The minimum absolute atomic E-state index is 0.307. The molecule has 0 atom stereocenters. The van der Waals surface area contributed by atoms with Crippen molar-refractivity contribution in [1.29, 1.82) is 0 Å². The van der Waals surface area contributed by atoms with E-state index in [1.807, 2.05) is 78.9 Å². The summed E-state index contributed by atoms with van der Waals surface area (Å²) in [6, 6.07) is 23.7.